The first kappa shape index (κ1) is 19.0. The van der Waals surface area contributed by atoms with E-state index in [0.29, 0.717) is 27.7 Å². The molecule has 3 aromatic rings. The van der Waals surface area contributed by atoms with E-state index in [1.54, 1.807) is 12.3 Å². The van der Waals surface area contributed by atoms with E-state index in [4.69, 9.17) is 16.6 Å². The molecule has 2 N–H and O–H groups in total. The molecule has 1 aliphatic rings. The number of pyridine rings is 1. The first-order valence-electron chi connectivity index (χ1n) is 8.72. The maximum absolute atomic E-state index is 13.4. The van der Waals surface area contributed by atoms with Gasteiger partial charge in [-0.1, -0.05) is 6.07 Å². The molecule has 1 fully saturated rings. The molecule has 3 heterocycles. The summed E-state index contributed by atoms with van der Waals surface area (Å²) in [5.41, 5.74) is 1.58. The Bertz CT molecular complexity index is 998. The Balaban J connectivity index is 1.73. The third-order valence-electron chi connectivity index (χ3n) is 4.65. The number of nitrogens with zero attached hydrogens (tertiary/aromatic N) is 2. The third-order valence-corrected chi connectivity index (χ3v) is 5.66. The molecular weight excluding hydrogens is 445 g/mol. The van der Waals surface area contributed by atoms with Gasteiger partial charge in [-0.2, -0.15) is 0 Å². The van der Waals surface area contributed by atoms with E-state index in [9.17, 15) is 9.50 Å². The lowest BCUT2D eigenvalue weighted by atomic mass is 10.0. The van der Waals surface area contributed by atoms with Gasteiger partial charge in [-0.05, 0) is 70.6 Å². The van der Waals surface area contributed by atoms with Crippen LogP contribution in [-0.2, 0) is 0 Å². The topological polar surface area (TPSA) is 61.5 Å². The van der Waals surface area contributed by atoms with Crippen LogP contribution in [0.4, 0.5) is 4.39 Å². The molecule has 1 aromatic carbocycles. The van der Waals surface area contributed by atoms with E-state index in [0.717, 1.165) is 11.3 Å². The fourth-order valence-corrected chi connectivity index (χ4v) is 4.29. The standard InChI is InChI=1S/C20H17BrFN3O2S/c21-14-11-12(22)4-5-13(14)16-6-7-17(27-16)19-18(15-3-1-2-8-23-15)24-20(28)25(19)9-10-26/h1-8,11,18-19,26H,9-10H2,(H,24,28). The van der Waals surface area contributed by atoms with E-state index >= 15 is 0 Å². The molecule has 0 saturated carbocycles. The van der Waals surface area contributed by atoms with Gasteiger partial charge in [-0.25, -0.2) is 4.39 Å². The first-order chi connectivity index (χ1) is 13.6. The number of halogens is 2. The molecule has 2 atom stereocenters. The molecule has 1 saturated heterocycles. The lowest BCUT2D eigenvalue weighted by molar-refractivity contribution is 0.209. The van der Waals surface area contributed by atoms with Crippen LogP contribution >= 0.6 is 28.1 Å². The van der Waals surface area contributed by atoms with Crippen molar-refractivity contribution in [1.29, 1.82) is 0 Å². The summed E-state index contributed by atoms with van der Waals surface area (Å²) in [4.78, 5) is 6.35. The van der Waals surface area contributed by atoms with Crippen LogP contribution in [0.15, 0.2) is 63.6 Å². The molecule has 0 spiro atoms. The van der Waals surface area contributed by atoms with Crippen molar-refractivity contribution in [3.05, 3.63) is 76.5 Å². The number of rotatable bonds is 5. The van der Waals surface area contributed by atoms with Crippen LogP contribution < -0.4 is 5.32 Å². The van der Waals surface area contributed by atoms with Gasteiger partial charge in [0.05, 0.1) is 18.3 Å². The average molecular weight is 462 g/mol. The van der Waals surface area contributed by atoms with E-state index in [-0.39, 0.29) is 24.5 Å². The number of nitrogens with one attached hydrogen (secondary N) is 1. The number of furan rings is 1. The zero-order valence-corrected chi connectivity index (χ0v) is 17.1. The molecule has 28 heavy (non-hydrogen) atoms. The Labute approximate surface area is 175 Å². The Morgan fingerprint density at radius 1 is 1.25 bits per heavy atom. The summed E-state index contributed by atoms with van der Waals surface area (Å²) in [7, 11) is 0. The third kappa shape index (κ3) is 3.55. The van der Waals surface area contributed by atoms with Crippen LogP contribution in [0.1, 0.15) is 23.5 Å². The minimum Gasteiger partial charge on any atom is -0.459 e. The van der Waals surface area contributed by atoms with Crippen LogP contribution in [0.25, 0.3) is 11.3 Å². The highest BCUT2D eigenvalue weighted by Crippen LogP contribution is 2.41. The number of β-amino-alcohol motifs (C(OH)–C–C–N with tert-alkyl or cyclic N) is 1. The van der Waals surface area contributed by atoms with Crippen molar-refractivity contribution in [3.63, 3.8) is 0 Å². The molecule has 0 bridgehead atoms. The van der Waals surface area contributed by atoms with Gasteiger partial charge in [0, 0.05) is 22.8 Å². The summed E-state index contributed by atoms with van der Waals surface area (Å²) >= 11 is 8.87. The van der Waals surface area contributed by atoms with Crippen LogP contribution in [0, 0.1) is 5.82 Å². The second-order valence-corrected chi connectivity index (χ2v) is 7.61. The lowest BCUT2D eigenvalue weighted by Crippen LogP contribution is -2.32. The maximum atomic E-state index is 13.4. The maximum Gasteiger partial charge on any atom is 0.170 e. The van der Waals surface area contributed by atoms with Gasteiger partial charge in [-0.3, -0.25) is 4.98 Å². The summed E-state index contributed by atoms with van der Waals surface area (Å²) in [6.07, 6.45) is 1.73. The quantitative estimate of drug-likeness (QED) is 0.555. The van der Waals surface area contributed by atoms with E-state index in [2.05, 4.69) is 26.2 Å². The molecule has 0 amide bonds. The molecule has 0 radical (unpaired) electrons. The Hall–Kier alpha value is -2.29. The Morgan fingerprint density at radius 2 is 2.11 bits per heavy atom. The van der Waals surface area contributed by atoms with Crippen molar-refractivity contribution in [2.75, 3.05) is 13.2 Å². The predicted octanol–water partition coefficient (Wildman–Crippen LogP) is 4.21. The van der Waals surface area contributed by atoms with Crippen molar-refractivity contribution >= 4 is 33.3 Å². The SMILES string of the molecule is OCCN1C(=S)NC(c2ccccn2)C1c1ccc(-c2ccc(F)cc2Br)o1. The molecule has 5 nitrogen and oxygen atoms in total. The highest BCUT2D eigenvalue weighted by molar-refractivity contribution is 9.10. The van der Waals surface area contributed by atoms with Gasteiger partial charge in [0.2, 0.25) is 0 Å². The number of aromatic nitrogens is 1. The number of hydrogen-bond acceptors (Lipinski definition) is 4. The van der Waals surface area contributed by atoms with Gasteiger partial charge in [0.15, 0.2) is 5.11 Å². The number of aliphatic hydroxyl groups excluding tert-OH is 1. The molecule has 2 unspecified atom stereocenters. The zero-order chi connectivity index (χ0) is 19.7. The van der Waals surface area contributed by atoms with Crippen molar-refractivity contribution in [2.24, 2.45) is 0 Å². The summed E-state index contributed by atoms with van der Waals surface area (Å²) in [5, 5.41) is 13.3. The second kappa shape index (κ2) is 7.98. The van der Waals surface area contributed by atoms with Crippen molar-refractivity contribution in [3.8, 4) is 11.3 Å². The monoisotopic (exact) mass is 461 g/mol. The number of benzene rings is 1. The first-order valence-corrected chi connectivity index (χ1v) is 9.92. The Kier molecular flexibility index (Phi) is 5.43. The van der Waals surface area contributed by atoms with Gasteiger partial charge >= 0.3 is 0 Å². The molecule has 8 heteroatoms. The van der Waals surface area contributed by atoms with Gasteiger partial charge in [0.25, 0.3) is 0 Å². The number of aliphatic hydroxyl groups is 1. The highest BCUT2D eigenvalue weighted by atomic mass is 79.9. The largest absolute Gasteiger partial charge is 0.459 e. The van der Waals surface area contributed by atoms with Gasteiger partial charge in [0.1, 0.15) is 23.4 Å². The molecular formula is C20H17BrFN3O2S. The lowest BCUT2D eigenvalue weighted by Gasteiger charge is -2.25. The van der Waals surface area contributed by atoms with Crippen molar-refractivity contribution in [2.45, 2.75) is 12.1 Å². The molecule has 144 valence electrons. The Morgan fingerprint density at radius 3 is 2.82 bits per heavy atom. The van der Waals surface area contributed by atoms with E-state index < -0.39 is 0 Å². The molecule has 4 rings (SSSR count). The van der Waals surface area contributed by atoms with E-state index in [1.165, 1.54) is 12.1 Å². The number of thiocarbonyl (C=S) groups is 1. The minimum atomic E-state index is -0.322. The zero-order valence-electron chi connectivity index (χ0n) is 14.7. The summed E-state index contributed by atoms with van der Waals surface area (Å²) < 4.78 is 20.2. The predicted molar refractivity (Wildman–Crippen MR) is 111 cm³/mol. The molecule has 0 aliphatic carbocycles. The highest BCUT2D eigenvalue weighted by Gasteiger charge is 2.41. The minimum absolute atomic E-state index is 0.0374. The van der Waals surface area contributed by atoms with Crippen molar-refractivity contribution < 1.29 is 13.9 Å². The second-order valence-electron chi connectivity index (χ2n) is 6.37. The van der Waals surface area contributed by atoms with Gasteiger partial charge < -0.3 is 19.7 Å². The molecule has 1 aliphatic heterocycles. The smallest absolute Gasteiger partial charge is 0.170 e. The normalized spacial score (nSPS) is 19.1. The van der Waals surface area contributed by atoms with Crippen LogP contribution in [0.2, 0.25) is 0 Å². The van der Waals surface area contributed by atoms with Crippen molar-refractivity contribution in [1.82, 2.24) is 15.2 Å². The molecule has 2 aromatic heterocycles. The van der Waals surface area contributed by atoms with Crippen LogP contribution in [-0.4, -0.2) is 33.3 Å². The summed E-state index contributed by atoms with van der Waals surface area (Å²) in [6.45, 7) is 0.334. The van der Waals surface area contributed by atoms with Gasteiger partial charge in [-0.15, -0.1) is 0 Å². The van der Waals surface area contributed by atoms with Crippen LogP contribution in [0.3, 0.4) is 0 Å². The summed E-state index contributed by atoms with van der Waals surface area (Å²) in [6, 6.07) is 13.4. The summed E-state index contributed by atoms with van der Waals surface area (Å²) in [5.74, 6) is 0.975. The number of hydrogen-bond donors (Lipinski definition) is 2. The fourth-order valence-electron chi connectivity index (χ4n) is 3.41. The fraction of sp³-hybridized carbons (Fsp3) is 0.200. The average Bonchev–Trinajstić information content (AvgIpc) is 3.28. The van der Waals surface area contributed by atoms with Crippen LogP contribution in [0.5, 0.6) is 0 Å². The van der Waals surface area contributed by atoms with E-state index in [1.807, 2.05) is 35.2 Å².